The SMILES string of the molecule is CC(C)c1cccc(C(C)C)c1-n1c(-c2[c-]ccc3c2oc2ccccc23)nc2c3ccccc3cnc21.[Ir].[c-]1ccccc1-c1cc(-c2ccccc2)ccn1. The Balaban J connectivity index is 0.000000201. The fourth-order valence-electron chi connectivity index (χ4n) is 7.61. The predicted octanol–water partition coefficient (Wildman–Crippen LogP) is 13.4. The molecule has 0 N–H and O–H groups in total. The molecule has 0 aliphatic heterocycles. The van der Waals surface area contributed by atoms with Gasteiger partial charge in [0.15, 0.2) is 5.65 Å². The molecule has 0 fully saturated rings. The van der Waals surface area contributed by atoms with E-state index in [1.807, 2.05) is 91.3 Å². The largest absolute Gasteiger partial charge is 0.501 e. The van der Waals surface area contributed by atoms with Crippen LogP contribution in [0.2, 0.25) is 0 Å². The van der Waals surface area contributed by atoms with E-state index >= 15 is 0 Å². The number of fused-ring (bicyclic) bond motifs is 6. The number of aromatic nitrogens is 4. The molecule has 0 amide bonds. The average Bonchev–Trinajstić information content (AvgIpc) is 3.83. The Bertz CT molecular complexity index is 2900. The van der Waals surface area contributed by atoms with Crippen molar-refractivity contribution in [1.82, 2.24) is 19.5 Å². The van der Waals surface area contributed by atoms with E-state index in [1.54, 1.807) is 0 Å². The predicted molar refractivity (Wildman–Crippen MR) is 230 cm³/mol. The van der Waals surface area contributed by atoms with Crippen molar-refractivity contribution in [2.24, 2.45) is 0 Å². The molecule has 6 aromatic carbocycles. The van der Waals surface area contributed by atoms with Crippen molar-refractivity contribution < 1.29 is 24.5 Å². The van der Waals surface area contributed by atoms with E-state index in [9.17, 15) is 0 Å². The number of imidazole rings is 1. The zero-order chi connectivity index (χ0) is 38.2. The molecule has 0 atom stereocenters. The maximum absolute atomic E-state index is 6.46. The second kappa shape index (κ2) is 16.1. The number of para-hydroxylation sites is 2. The molecular formula is C51H40IrN4O-2. The van der Waals surface area contributed by atoms with Crippen LogP contribution >= 0.6 is 0 Å². The third kappa shape index (κ3) is 7.08. The van der Waals surface area contributed by atoms with Crippen LogP contribution in [-0.2, 0) is 20.1 Å². The molecule has 0 spiro atoms. The smallest absolute Gasteiger partial charge is 0.156 e. The van der Waals surface area contributed by atoms with Gasteiger partial charge in [-0.25, -0.2) is 4.98 Å². The van der Waals surface area contributed by atoms with Crippen LogP contribution in [0, 0.1) is 12.1 Å². The molecule has 0 aliphatic rings. The summed E-state index contributed by atoms with van der Waals surface area (Å²) in [6, 6.07) is 56.2. The Labute approximate surface area is 346 Å². The summed E-state index contributed by atoms with van der Waals surface area (Å²) in [5.41, 5.74) is 12.3. The third-order valence-corrected chi connectivity index (χ3v) is 10.4. The van der Waals surface area contributed by atoms with E-state index in [0.717, 1.165) is 72.2 Å². The average molecular weight is 917 g/mol. The number of hydrogen-bond donors (Lipinski definition) is 0. The summed E-state index contributed by atoms with van der Waals surface area (Å²) >= 11 is 0. The van der Waals surface area contributed by atoms with Crippen molar-refractivity contribution in [1.29, 1.82) is 0 Å². The summed E-state index contributed by atoms with van der Waals surface area (Å²) in [5, 5.41) is 4.31. The van der Waals surface area contributed by atoms with Gasteiger partial charge in [-0.3, -0.25) is 4.98 Å². The van der Waals surface area contributed by atoms with E-state index in [4.69, 9.17) is 14.4 Å². The molecule has 10 aromatic rings. The van der Waals surface area contributed by atoms with E-state index in [2.05, 4.69) is 116 Å². The minimum atomic E-state index is 0. The maximum Gasteiger partial charge on any atom is 0.156 e. The number of furan rings is 1. The molecule has 0 saturated carbocycles. The van der Waals surface area contributed by atoms with Gasteiger partial charge in [-0.1, -0.05) is 136 Å². The zero-order valence-corrected chi connectivity index (χ0v) is 34.6. The molecule has 5 nitrogen and oxygen atoms in total. The zero-order valence-electron chi connectivity index (χ0n) is 32.2. The normalized spacial score (nSPS) is 11.3. The first-order chi connectivity index (χ1) is 27.5. The van der Waals surface area contributed by atoms with Crippen LogP contribution < -0.4 is 0 Å². The molecule has 0 aliphatic carbocycles. The quantitative estimate of drug-likeness (QED) is 0.156. The molecule has 281 valence electrons. The van der Waals surface area contributed by atoms with Gasteiger partial charge in [-0.2, -0.15) is 0 Å². The van der Waals surface area contributed by atoms with Crippen molar-refractivity contribution in [2.45, 2.75) is 39.5 Å². The van der Waals surface area contributed by atoms with Crippen LogP contribution in [-0.4, -0.2) is 19.5 Å². The number of benzene rings is 6. The Morgan fingerprint density at radius 1 is 0.614 bits per heavy atom. The first kappa shape index (κ1) is 37.7. The summed E-state index contributed by atoms with van der Waals surface area (Å²) in [5.74, 6) is 1.43. The van der Waals surface area contributed by atoms with Crippen LogP contribution in [0.25, 0.3) is 83.3 Å². The number of nitrogens with zero attached hydrogens (tertiary/aromatic N) is 4. The van der Waals surface area contributed by atoms with Crippen LogP contribution in [0.15, 0.2) is 162 Å². The van der Waals surface area contributed by atoms with E-state index < -0.39 is 0 Å². The molecule has 0 bridgehead atoms. The molecule has 0 saturated heterocycles. The standard InChI is InChI=1S/C34H28N3O.C17H12N.Ir/c1-20(2)23-14-9-15-24(21(3)4)31(23)37-33(36-30-25-12-6-5-11-22(25)19-35-34(30)37)28-17-10-16-27-26-13-7-8-18-29(26)38-32(27)28;1-3-7-14(8-4-1)16-11-12-18-17(13-16)15-9-5-2-6-10-15;/h5-16,18-21H,1-4H3;1-9,11-13H;/q2*-1;. The summed E-state index contributed by atoms with van der Waals surface area (Å²) in [6.45, 7) is 8.99. The Kier molecular flexibility index (Phi) is 10.7. The minimum Gasteiger partial charge on any atom is -0.501 e. The van der Waals surface area contributed by atoms with Gasteiger partial charge in [-0.15, -0.1) is 54.1 Å². The topological polar surface area (TPSA) is 56.7 Å². The van der Waals surface area contributed by atoms with Gasteiger partial charge in [0.2, 0.25) is 0 Å². The van der Waals surface area contributed by atoms with Crippen molar-refractivity contribution in [3.05, 3.63) is 181 Å². The number of pyridine rings is 2. The van der Waals surface area contributed by atoms with Crippen molar-refractivity contribution in [3.63, 3.8) is 0 Å². The molecule has 10 rings (SSSR count). The van der Waals surface area contributed by atoms with E-state index in [-0.39, 0.29) is 20.1 Å². The van der Waals surface area contributed by atoms with Crippen LogP contribution in [0.5, 0.6) is 0 Å². The monoisotopic (exact) mass is 917 g/mol. The Morgan fingerprint density at radius 2 is 1.33 bits per heavy atom. The molecular weight excluding hydrogens is 877 g/mol. The minimum absolute atomic E-state index is 0. The van der Waals surface area contributed by atoms with Crippen molar-refractivity contribution in [3.8, 4) is 39.5 Å². The second-order valence-corrected chi connectivity index (χ2v) is 14.6. The van der Waals surface area contributed by atoms with E-state index in [1.165, 1.54) is 22.3 Å². The number of rotatable bonds is 6. The Hall–Kier alpha value is -6.20. The molecule has 4 aromatic heterocycles. The molecule has 4 heterocycles. The molecule has 57 heavy (non-hydrogen) atoms. The fraction of sp³-hybridized carbons (Fsp3) is 0.118. The Morgan fingerprint density at radius 3 is 2.09 bits per heavy atom. The molecule has 6 heteroatoms. The molecule has 1 radical (unpaired) electrons. The summed E-state index contributed by atoms with van der Waals surface area (Å²) < 4.78 is 8.72. The number of hydrogen-bond acceptors (Lipinski definition) is 4. The van der Waals surface area contributed by atoms with Gasteiger partial charge in [0.05, 0.1) is 11.4 Å². The van der Waals surface area contributed by atoms with E-state index in [0.29, 0.717) is 11.8 Å². The van der Waals surface area contributed by atoms with Crippen LogP contribution in [0.4, 0.5) is 0 Å². The van der Waals surface area contributed by atoms with Gasteiger partial charge in [-0.05, 0) is 51.9 Å². The van der Waals surface area contributed by atoms with Crippen LogP contribution in [0.1, 0.15) is 50.7 Å². The van der Waals surface area contributed by atoms with Crippen LogP contribution in [0.3, 0.4) is 0 Å². The third-order valence-electron chi connectivity index (χ3n) is 10.4. The van der Waals surface area contributed by atoms with Gasteiger partial charge < -0.3 is 14.0 Å². The van der Waals surface area contributed by atoms with Gasteiger partial charge in [0.1, 0.15) is 11.1 Å². The second-order valence-electron chi connectivity index (χ2n) is 14.6. The van der Waals surface area contributed by atoms with Crippen molar-refractivity contribution >= 4 is 43.9 Å². The maximum atomic E-state index is 6.46. The molecule has 0 unspecified atom stereocenters. The first-order valence-electron chi connectivity index (χ1n) is 19.2. The fourth-order valence-corrected chi connectivity index (χ4v) is 7.61. The summed E-state index contributed by atoms with van der Waals surface area (Å²) in [4.78, 5) is 14.7. The summed E-state index contributed by atoms with van der Waals surface area (Å²) in [6.07, 6.45) is 3.80. The van der Waals surface area contributed by atoms with Gasteiger partial charge in [0, 0.05) is 54.3 Å². The first-order valence-corrected chi connectivity index (χ1v) is 19.2. The van der Waals surface area contributed by atoms with Crippen molar-refractivity contribution in [2.75, 3.05) is 0 Å². The van der Waals surface area contributed by atoms with Gasteiger partial charge in [0.25, 0.3) is 0 Å². The van der Waals surface area contributed by atoms with Gasteiger partial charge >= 0.3 is 0 Å². The summed E-state index contributed by atoms with van der Waals surface area (Å²) in [7, 11) is 0.